The Balaban J connectivity index is 1.43. The van der Waals surface area contributed by atoms with Crippen LogP contribution in [0.1, 0.15) is 33.3 Å². The summed E-state index contributed by atoms with van der Waals surface area (Å²) in [5, 5.41) is 8.21. The maximum atomic E-state index is 14.0. The lowest BCUT2D eigenvalue weighted by Crippen LogP contribution is -2.46. The number of hydrazone groups is 1. The second kappa shape index (κ2) is 13.8. The first-order chi connectivity index (χ1) is 20.5. The van der Waals surface area contributed by atoms with Gasteiger partial charge in [-0.25, -0.2) is 5.01 Å². The van der Waals surface area contributed by atoms with Gasteiger partial charge in [0.05, 0.1) is 51.2 Å². The third-order valence-corrected chi connectivity index (χ3v) is 8.37. The fourth-order valence-corrected chi connectivity index (χ4v) is 5.84. The number of benzene rings is 2. The highest BCUT2D eigenvalue weighted by Crippen LogP contribution is 2.37. The van der Waals surface area contributed by atoms with E-state index in [1.54, 1.807) is 32.3 Å². The van der Waals surface area contributed by atoms with Crippen molar-refractivity contribution in [2.24, 2.45) is 5.10 Å². The molecule has 222 valence electrons. The molecule has 10 nitrogen and oxygen atoms in total. The second-order valence-corrected chi connectivity index (χ2v) is 11.0. The fraction of sp³-hybridized carbons (Fsp3) is 0.387. The lowest BCUT2D eigenvalue weighted by molar-refractivity contribution is -0.133. The van der Waals surface area contributed by atoms with Gasteiger partial charge in [0.15, 0.2) is 11.5 Å². The van der Waals surface area contributed by atoms with Crippen LogP contribution in [0, 0.1) is 0 Å². The summed E-state index contributed by atoms with van der Waals surface area (Å²) in [4.78, 5) is 32.1. The van der Waals surface area contributed by atoms with Crippen LogP contribution in [-0.4, -0.2) is 99.6 Å². The summed E-state index contributed by atoms with van der Waals surface area (Å²) in [6.45, 7) is 3.93. The number of hydrogen-bond donors (Lipinski definition) is 0. The Morgan fingerprint density at radius 1 is 1.00 bits per heavy atom. The number of carbonyl (C=O) groups excluding carboxylic acids is 2. The average molecular weight is 593 g/mol. The van der Waals surface area contributed by atoms with Crippen LogP contribution >= 0.6 is 11.3 Å². The predicted octanol–water partition coefficient (Wildman–Crippen LogP) is 3.93. The molecule has 0 spiro atoms. The van der Waals surface area contributed by atoms with E-state index < -0.39 is 0 Å². The van der Waals surface area contributed by atoms with Crippen LogP contribution in [0.4, 0.5) is 0 Å². The Kier molecular flexibility index (Phi) is 9.73. The SMILES string of the molecule is COc1ccc(C2=NN(C(=O)CN(CCN3CCOCC3)C(=O)c3cccs3)[C@@H](c3ccc(OC)c(OC)c3)C2)cc1. The molecule has 42 heavy (non-hydrogen) atoms. The molecule has 0 saturated carbocycles. The number of morpholine rings is 1. The van der Waals surface area contributed by atoms with Gasteiger partial charge in [0.25, 0.3) is 11.8 Å². The van der Waals surface area contributed by atoms with Crippen LogP contribution in [-0.2, 0) is 9.53 Å². The van der Waals surface area contributed by atoms with Crippen LogP contribution in [0.5, 0.6) is 17.2 Å². The molecule has 1 saturated heterocycles. The van der Waals surface area contributed by atoms with Crippen molar-refractivity contribution >= 4 is 28.9 Å². The first-order valence-electron chi connectivity index (χ1n) is 13.9. The maximum absolute atomic E-state index is 14.0. The summed E-state index contributed by atoms with van der Waals surface area (Å²) >= 11 is 1.37. The summed E-state index contributed by atoms with van der Waals surface area (Å²) in [7, 11) is 4.79. The van der Waals surface area contributed by atoms with Crippen molar-refractivity contribution in [1.82, 2.24) is 14.8 Å². The molecule has 3 aromatic rings. The quantitative estimate of drug-likeness (QED) is 0.333. The molecule has 1 aromatic heterocycles. The largest absolute Gasteiger partial charge is 0.497 e. The number of thiophene rings is 1. The first kappa shape index (κ1) is 29.6. The van der Waals surface area contributed by atoms with Gasteiger partial charge in [0.1, 0.15) is 12.3 Å². The standard InChI is InChI=1S/C31H36N4O6S/c1-38-24-9-6-22(7-10-24)25-20-26(23-8-11-27(39-2)28(19-23)40-3)35(32-25)30(36)21-34(31(37)29-5-4-18-42-29)13-12-33-14-16-41-17-15-33/h4-11,18-19,26H,12-17,20-21H2,1-3H3/t26-/m1/s1. The number of methoxy groups -OCH3 is 3. The van der Waals surface area contributed by atoms with Gasteiger partial charge in [-0.15, -0.1) is 11.3 Å². The molecule has 11 heteroatoms. The monoisotopic (exact) mass is 592 g/mol. The molecular weight excluding hydrogens is 556 g/mol. The predicted molar refractivity (Wildman–Crippen MR) is 161 cm³/mol. The van der Waals surface area contributed by atoms with Crippen molar-refractivity contribution in [2.45, 2.75) is 12.5 Å². The van der Waals surface area contributed by atoms with E-state index in [-0.39, 0.29) is 24.4 Å². The zero-order valence-corrected chi connectivity index (χ0v) is 25.0. The van der Waals surface area contributed by atoms with Crippen LogP contribution in [0.25, 0.3) is 0 Å². The van der Waals surface area contributed by atoms with Gasteiger partial charge in [-0.3, -0.25) is 14.5 Å². The number of rotatable bonds is 11. The number of nitrogens with zero attached hydrogens (tertiary/aromatic N) is 4. The third-order valence-electron chi connectivity index (χ3n) is 7.52. The van der Waals surface area contributed by atoms with Gasteiger partial charge in [-0.1, -0.05) is 12.1 Å². The molecule has 2 aliphatic rings. The number of ether oxygens (including phenoxy) is 4. The topological polar surface area (TPSA) is 93.1 Å². The lowest BCUT2D eigenvalue weighted by atomic mass is 9.98. The summed E-state index contributed by atoms with van der Waals surface area (Å²) < 4.78 is 21.8. The van der Waals surface area contributed by atoms with E-state index in [9.17, 15) is 9.59 Å². The molecule has 0 aliphatic carbocycles. The molecule has 1 fully saturated rings. The third kappa shape index (κ3) is 6.75. The Labute approximate surface area is 250 Å². The summed E-state index contributed by atoms with van der Waals surface area (Å²) in [6.07, 6.45) is 0.500. The molecule has 2 aliphatic heterocycles. The van der Waals surface area contributed by atoms with E-state index in [0.717, 1.165) is 35.7 Å². The highest BCUT2D eigenvalue weighted by atomic mass is 32.1. The Bertz CT molecular complexity index is 1390. The highest BCUT2D eigenvalue weighted by Gasteiger charge is 2.35. The fourth-order valence-electron chi connectivity index (χ4n) is 5.15. The van der Waals surface area contributed by atoms with E-state index in [1.807, 2.05) is 53.9 Å². The van der Waals surface area contributed by atoms with E-state index in [4.69, 9.17) is 24.0 Å². The zero-order valence-electron chi connectivity index (χ0n) is 24.2. The van der Waals surface area contributed by atoms with Gasteiger partial charge < -0.3 is 23.8 Å². The van der Waals surface area contributed by atoms with Crippen LogP contribution in [0.15, 0.2) is 65.1 Å². The second-order valence-electron chi connectivity index (χ2n) is 10.0. The van der Waals surface area contributed by atoms with Crippen LogP contribution < -0.4 is 14.2 Å². The molecule has 3 heterocycles. The molecule has 2 aromatic carbocycles. The zero-order chi connectivity index (χ0) is 29.5. The van der Waals surface area contributed by atoms with E-state index in [0.29, 0.717) is 49.1 Å². The minimum Gasteiger partial charge on any atom is -0.497 e. The van der Waals surface area contributed by atoms with Crippen LogP contribution in [0.3, 0.4) is 0 Å². The minimum atomic E-state index is -0.382. The van der Waals surface area contributed by atoms with Gasteiger partial charge in [-0.05, 0) is 59.0 Å². The smallest absolute Gasteiger partial charge is 0.264 e. The van der Waals surface area contributed by atoms with Gasteiger partial charge in [0, 0.05) is 32.6 Å². The maximum Gasteiger partial charge on any atom is 0.264 e. The summed E-state index contributed by atoms with van der Waals surface area (Å²) in [5.41, 5.74) is 2.53. The van der Waals surface area contributed by atoms with Crippen molar-refractivity contribution in [3.05, 3.63) is 76.0 Å². The van der Waals surface area contributed by atoms with Crippen molar-refractivity contribution in [3.8, 4) is 17.2 Å². The Hall–Kier alpha value is -3.93. The molecule has 1 atom stereocenters. The average Bonchev–Trinajstić information content (AvgIpc) is 3.74. The van der Waals surface area contributed by atoms with Gasteiger partial charge >= 0.3 is 0 Å². The molecule has 0 N–H and O–H groups in total. The summed E-state index contributed by atoms with van der Waals surface area (Å²) in [6, 6.07) is 16.5. The van der Waals surface area contributed by atoms with E-state index in [2.05, 4.69) is 4.90 Å². The van der Waals surface area contributed by atoms with Crippen molar-refractivity contribution in [2.75, 3.05) is 67.3 Å². The van der Waals surface area contributed by atoms with Crippen molar-refractivity contribution in [3.63, 3.8) is 0 Å². The molecule has 0 radical (unpaired) electrons. The lowest BCUT2D eigenvalue weighted by Gasteiger charge is -2.31. The molecular formula is C31H36N4O6S. The number of hydrogen-bond acceptors (Lipinski definition) is 9. The first-order valence-corrected chi connectivity index (χ1v) is 14.8. The van der Waals surface area contributed by atoms with Crippen molar-refractivity contribution < 1.29 is 28.5 Å². The van der Waals surface area contributed by atoms with Gasteiger partial charge in [0.2, 0.25) is 0 Å². The molecule has 0 unspecified atom stereocenters. The number of amides is 2. The van der Waals surface area contributed by atoms with Gasteiger partial charge in [-0.2, -0.15) is 5.10 Å². The molecule has 5 rings (SSSR count). The van der Waals surface area contributed by atoms with Crippen LogP contribution in [0.2, 0.25) is 0 Å². The molecule has 0 bridgehead atoms. The summed E-state index contributed by atoms with van der Waals surface area (Å²) in [5.74, 6) is 1.49. The minimum absolute atomic E-state index is 0.0930. The van der Waals surface area contributed by atoms with E-state index >= 15 is 0 Å². The van der Waals surface area contributed by atoms with E-state index in [1.165, 1.54) is 16.3 Å². The number of carbonyl (C=O) groups is 2. The van der Waals surface area contributed by atoms with Crippen molar-refractivity contribution in [1.29, 1.82) is 0 Å². The normalized spacial score (nSPS) is 17.1. The highest BCUT2D eigenvalue weighted by molar-refractivity contribution is 7.12. The Morgan fingerprint density at radius 2 is 1.76 bits per heavy atom. The molecule has 2 amide bonds. The Morgan fingerprint density at radius 3 is 2.43 bits per heavy atom.